The molecule has 2 atom stereocenters. The van der Waals surface area contributed by atoms with Gasteiger partial charge >= 0.3 is 7.60 Å². The van der Waals surface area contributed by atoms with Gasteiger partial charge in [-0.25, -0.2) is 0 Å². The zero-order valence-corrected chi connectivity index (χ0v) is 13.2. The van der Waals surface area contributed by atoms with Crippen molar-refractivity contribution in [3.05, 3.63) is 0 Å². The predicted octanol–water partition coefficient (Wildman–Crippen LogP) is 1.56. The van der Waals surface area contributed by atoms with Crippen LogP contribution in [0.3, 0.4) is 0 Å². The van der Waals surface area contributed by atoms with Crippen molar-refractivity contribution < 1.29 is 19.1 Å². The fourth-order valence-electron chi connectivity index (χ4n) is 2.79. The zero-order chi connectivity index (χ0) is 15.3. The van der Waals surface area contributed by atoms with Crippen LogP contribution in [0, 0.1) is 11.8 Å². The molecule has 0 heterocycles. The van der Waals surface area contributed by atoms with E-state index in [0.29, 0.717) is 6.42 Å². The van der Waals surface area contributed by atoms with Gasteiger partial charge in [0.15, 0.2) is 0 Å². The smallest absolute Gasteiger partial charge is 0.340 e. The molecule has 0 spiro atoms. The van der Waals surface area contributed by atoms with Crippen LogP contribution in [0.2, 0.25) is 0 Å². The Morgan fingerprint density at radius 1 is 1.30 bits per heavy atom. The number of rotatable bonds is 6. The van der Waals surface area contributed by atoms with Crippen LogP contribution in [0.5, 0.6) is 0 Å². The van der Waals surface area contributed by atoms with E-state index in [1.54, 1.807) is 0 Å². The first-order chi connectivity index (χ1) is 9.21. The molecule has 1 fully saturated rings. The maximum atomic E-state index is 12.0. The SMILES string of the molecule is CC(C)C[C@H](N)C(=O)NC(C1CCCCC1)P(=O)(O)O. The number of nitrogens with two attached hydrogens (primary N) is 1. The van der Waals surface area contributed by atoms with Crippen LogP contribution < -0.4 is 11.1 Å². The Bertz CT molecular complexity index is 363. The van der Waals surface area contributed by atoms with Crippen molar-refractivity contribution in [1.29, 1.82) is 0 Å². The summed E-state index contributed by atoms with van der Waals surface area (Å²) in [6, 6.07) is -0.715. The standard InChI is InChI=1S/C13H27N2O4P/c1-9(2)8-11(14)12(16)15-13(20(17,18)19)10-6-4-3-5-7-10/h9-11,13H,3-8,14H2,1-2H3,(H,15,16)(H2,17,18,19)/t11-,13?/m0/s1. The van der Waals surface area contributed by atoms with Gasteiger partial charge in [0.2, 0.25) is 5.91 Å². The van der Waals surface area contributed by atoms with Crippen LogP contribution >= 0.6 is 7.60 Å². The molecule has 20 heavy (non-hydrogen) atoms. The Labute approximate surface area is 120 Å². The molecule has 1 aliphatic rings. The minimum Gasteiger partial charge on any atom is -0.340 e. The summed E-state index contributed by atoms with van der Waals surface area (Å²) in [6.45, 7) is 3.91. The van der Waals surface area contributed by atoms with E-state index in [4.69, 9.17) is 5.73 Å². The normalized spacial score (nSPS) is 20.7. The van der Waals surface area contributed by atoms with Gasteiger partial charge in [0, 0.05) is 0 Å². The van der Waals surface area contributed by atoms with E-state index < -0.39 is 25.3 Å². The summed E-state index contributed by atoms with van der Waals surface area (Å²) in [5, 5.41) is 2.50. The van der Waals surface area contributed by atoms with E-state index in [9.17, 15) is 19.1 Å². The van der Waals surface area contributed by atoms with Gasteiger partial charge in [-0.2, -0.15) is 0 Å². The van der Waals surface area contributed by atoms with Crippen LogP contribution in [0.15, 0.2) is 0 Å². The lowest BCUT2D eigenvalue weighted by Crippen LogP contribution is -2.48. The average molecular weight is 306 g/mol. The van der Waals surface area contributed by atoms with Crippen molar-refractivity contribution in [2.75, 3.05) is 0 Å². The highest BCUT2D eigenvalue weighted by Gasteiger charge is 2.38. The van der Waals surface area contributed by atoms with Gasteiger partial charge in [0.05, 0.1) is 6.04 Å². The molecule has 0 saturated heterocycles. The van der Waals surface area contributed by atoms with Crippen molar-refractivity contribution >= 4 is 13.5 Å². The molecule has 1 aliphatic carbocycles. The van der Waals surface area contributed by atoms with E-state index >= 15 is 0 Å². The number of hydrogen-bond donors (Lipinski definition) is 4. The first-order valence-corrected chi connectivity index (χ1v) is 9.01. The predicted molar refractivity (Wildman–Crippen MR) is 78.0 cm³/mol. The Hall–Kier alpha value is -0.420. The second-order valence-electron chi connectivity index (χ2n) is 6.18. The molecular weight excluding hydrogens is 279 g/mol. The van der Waals surface area contributed by atoms with Crippen LogP contribution in [-0.2, 0) is 9.36 Å². The summed E-state index contributed by atoms with van der Waals surface area (Å²) in [7, 11) is -4.36. The van der Waals surface area contributed by atoms with Crippen molar-refractivity contribution in [2.24, 2.45) is 17.6 Å². The third-order valence-electron chi connectivity index (χ3n) is 3.81. The first-order valence-electron chi connectivity index (χ1n) is 7.33. The Morgan fingerprint density at radius 2 is 1.85 bits per heavy atom. The molecule has 0 bridgehead atoms. The molecule has 7 heteroatoms. The van der Waals surface area contributed by atoms with Crippen LogP contribution in [0.25, 0.3) is 0 Å². The third kappa shape index (κ3) is 5.52. The van der Waals surface area contributed by atoms with Gasteiger partial charge in [0.1, 0.15) is 5.78 Å². The molecule has 6 nitrogen and oxygen atoms in total. The van der Waals surface area contributed by atoms with Crippen LogP contribution in [0.4, 0.5) is 0 Å². The molecule has 1 unspecified atom stereocenters. The number of carbonyl (C=O) groups excluding carboxylic acids is 1. The quantitative estimate of drug-likeness (QED) is 0.556. The van der Waals surface area contributed by atoms with E-state index in [1.165, 1.54) is 0 Å². The summed E-state index contributed by atoms with van der Waals surface area (Å²) in [4.78, 5) is 31.0. The zero-order valence-electron chi connectivity index (χ0n) is 12.3. The van der Waals surface area contributed by atoms with Crippen molar-refractivity contribution in [2.45, 2.75) is 64.2 Å². The second-order valence-corrected chi connectivity index (χ2v) is 7.91. The molecule has 1 amide bonds. The molecule has 5 N–H and O–H groups in total. The Balaban J connectivity index is 2.70. The van der Waals surface area contributed by atoms with Gasteiger partial charge in [-0.15, -0.1) is 0 Å². The highest BCUT2D eigenvalue weighted by Crippen LogP contribution is 2.47. The number of nitrogens with one attached hydrogen (secondary N) is 1. The summed E-state index contributed by atoms with van der Waals surface area (Å²) in [6.07, 6.45) is 4.99. The molecule has 0 aliphatic heterocycles. The molecule has 0 aromatic heterocycles. The molecular formula is C13H27N2O4P. The minimum atomic E-state index is -4.36. The summed E-state index contributed by atoms with van der Waals surface area (Å²) in [5.41, 5.74) is 5.77. The summed E-state index contributed by atoms with van der Waals surface area (Å²) < 4.78 is 11.6. The van der Waals surface area contributed by atoms with E-state index in [1.807, 2.05) is 13.8 Å². The highest BCUT2D eigenvalue weighted by atomic mass is 31.2. The molecule has 0 aromatic rings. The van der Waals surface area contributed by atoms with Gasteiger partial charge in [0.25, 0.3) is 0 Å². The summed E-state index contributed by atoms with van der Waals surface area (Å²) in [5.74, 6) is -1.44. The third-order valence-corrected chi connectivity index (χ3v) is 5.09. The van der Waals surface area contributed by atoms with E-state index in [0.717, 1.165) is 32.1 Å². The van der Waals surface area contributed by atoms with E-state index in [-0.39, 0.29) is 11.8 Å². The topological polar surface area (TPSA) is 113 Å². The van der Waals surface area contributed by atoms with Gasteiger partial charge in [-0.1, -0.05) is 33.1 Å². The minimum absolute atomic E-state index is 0.153. The van der Waals surface area contributed by atoms with Crippen LogP contribution in [-0.4, -0.2) is 27.5 Å². The average Bonchev–Trinajstić information content (AvgIpc) is 2.34. The Kier molecular flexibility index (Phi) is 6.65. The highest BCUT2D eigenvalue weighted by molar-refractivity contribution is 7.52. The number of carbonyl (C=O) groups is 1. The maximum absolute atomic E-state index is 12.0. The maximum Gasteiger partial charge on any atom is 0.347 e. The number of amides is 1. The fraction of sp³-hybridized carbons (Fsp3) is 0.923. The lowest BCUT2D eigenvalue weighted by molar-refractivity contribution is -0.123. The molecule has 1 saturated carbocycles. The number of hydrogen-bond acceptors (Lipinski definition) is 3. The first kappa shape index (κ1) is 17.6. The molecule has 1 rings (SSSR count). The van der Waals surface area contributed by atoms with Crippen LogP contribution in [0.1, 0.15) is 52.4 Å². The van der Waals surface area contributed by atoms with Gasteiger partial charge in [-0.05, 0) is 31.1 Å². The largest absolute Gasteiger partial charge is 0.347 e. The Morgan fingerprint density at radius 3 is 2.30 bits per heavy atom. The molecule has 118 valence electrons. The lowest BCUT2D eigenvalue weighted by atomic mass is 9.89. The van der Waals surface area contributed by atoms with Gasteiger partial charge < -0.3 is 20.8 Å². The lowest BCUT2D eigenvalue weighted by Gasteiger charge is -2.32. The second kappa shape index (κ2) is 7.55. The monoisotopic (exact) mass is 306 g/mol. The van der Waals surface area contributed by atoms with E-state index in [2.05, 4.69) is 5.32 Å². The van der Waals surface area contributed by atoms with Gasteiger partial charge in [-0.3, -0.25) is 9.36 Å². The van der Waals surface area contributed by atoms with Crippen molar-refractivity contribution in [3.8, 4) is 0 Å². The fourth-order valence-corrected chi connectivity index (χ4v) is 3.94. The molecule has 0 aromatic carbocycles. The summed E-state index contributed by atoms with van der Waals surface area (Å²) >= 11 is 0. The van der Waals surface area contributed by atoms with Crippen molar-refractivity contribution in [3.63, 3.8) is 0 Å². The molecule has 0 radical (unpaired) electrons. The van der Waals surface area contributed by atoms with Crippen molar-refractivity contribution in [1.82, 2.24) is 5.32 Å².